The minimum Gasteiger partial charge on any atom is -0.456 e. The molecule has 2 heterocycles. The molecular formula is C23H12FNO. The predicted octanol–water partition coefficient (Wildman–Crippen LogP) is 6.58. The number of aromatic nitrogens is 1. The third kappa shape index (κ3) is 1.72. The molecule has 0 N–H and O–H groups in total. The second-order valence-electron chi connectivity index (χ2n) is 6.58. The summed E-state index contributed by atoms with van der Waals surface area (Å²) in [5, 5.41) is 7.54. The van der Waals surface area contributed by atoms with E-state index in [1.807, 2.05) is 24.4 Å². The van der Waals surface area contributed by atoms with Crippen molar-refractivity contribution in [1.29, 1.82) is 0 Å². The Morgan fingerprint density at radius 3 is 2.27 bits per heavy atom. The Balaban J connectivity index is 1.93. The summed E-state index contributed by atoms with van der Waals surface area (Å²) in [5.41, 5.74) is 2.30. The molecule has 0 radical (unpaired) electrons. The van der Waals surface area contributed by atoms with Crippen LogP contribution >= 0.6 is 0 Å². The van der Waals surface area contributed by atoms with Crippen molar-refractivity contribution in [2.45, 2.75) is 0 Å². The second-order valence-corrected chi connectivity index (χ2v) is 6.58. The molecular weight excluding hydrogens is 325 g/mol. The normalized spacial score (nSPS) is 12.0. The SMILES string of the molecule is Fc1ccc2c(c1)oc1cc3c4ccccc4c4cccnc4c3cc12. The molecule has 6 aromatic rings. The number of hydrogen-bond donors (Lipinski definition) is 0. The third-order valence-electron chi connectivity index (χ3n) is 5.14. The van der Waals surface area contributed by atoms with Crippen LogP contribution in [-0.4, -0.2) is 4.98 Å². The molecule has 3 heteroatoms. The third-order valence-corrected chi connectivity index (χ3v) is 5.14. The molecule has 0 saturated carbocycles. The fraction of sp³-hybridized carbons (Fsp3) is 0. The van der Waals surface area contributed by atoms with Crippen LogP contribution in [0.3, 0.4) is 0 Å². The number of furan rings is 1. The highest BCUT2D eigenvalue weighted by atomic mass is 19.1. The maximum Gasteiger partial charge on any atom is 0.138 e. The van der Waals surface area contributed by atoms with Crippen molar-refractivity contribution in [3.8, 4) is 0 Å². The van der Waals surface area contributed by atoms with Gasteiger partial charge in [-0.05, 0) is 46.5 Å². The van der Waals surface area contributed by atoms with E-state index in [9.17, 15) is 4.39 Å². The zero-order valence-corrected chi connectivity index (χ0v) is 13.7. The van der Waals surface area contributed by atoms with E-state index in [0.717, 1.165) is 43.4 Å². The maximum absolute atomic E-state index is 13.6. The number of fused-ring (bicyclic) bond motifs is 9. The lowest BCUT2D eigenvalue weighted by molar-refractivity contribution is 0.618. The summed E-state index contributed by atoms with van der Waals surface area (Å²) >= 11 is 0. The standard InChI is InChI=1S/C23H12FNO/c24-13-7-8-16-19-11-20-18(12-22(19)26-21(16)10-13)15-5-2-1-4-14(15)17-6-3-9-25-23(17)20/h1-12H. The Hall–Kier alpha value is -3.46. The minimum atomic E-state index is -0.293. The highest BCUT2D eigenvalue weighted by Gasteiger charge is 2.14. The van der Waals surface area contributed by atoms with Gasteiger partial charge in [0.1, 0.15) is 17.0 Å². The average Bonchev–Trinajstić information content (AvgIpc) is 3.03. The fourth-order valence-electron chi connectivity index (χ4n) is 4.01. The van der Waals surface area contributed by atoms with E-state index in [-0.39, 0.29) is 5.82 Å². The zero-order chi connectivity index (χ0) is 17.3. The number of nitrogens with zero attached hydrogens (tertiary/aromatic N) is 1. The summed E-state index contributed by atoms with van der Waals surface area (Å²) in [7, 11) is 0. The van der Waals surface area contributed by atoms with Gasteiger partial charge in [0.05, 0.1) is 5.52 Å². The van der Waals surface area contributed by atoms with Gasteiger partial charge in [-0.1, -0.05) is 30.3 Å². The van der Waals surface area contributed by atoms with E-state index < -0.39 is 0 Å². The molecule has 0 fully saturated rings. The van der Waals surface area contributed by atoms with Crippen molar-refractivity contribution in [3.05, 3.63) is 78.7 Å². The summed E-state index contributed by atoms with van der Waals surface area (Å²) in [5.74, 6) is -0.293. The average molecular weight is 337 g/mol. The van der Waals surface area contributed by atoms with E-state index in [4.69, 9.17) is 4.42 Å². The lowest BCUT2D eigenvalue weighted by Crippen LogP contribution is -1.85. The van der Waals surface area contributed by atoms with Crippen molar-refractivity contribution < 1.29 is 8.81 Å². The van der Waals surface area contributed by atoms with Crippen molar-refractivity contribution >= 4 is 54.4 Å². The molecule has 26 heavy (non-hydrogen) atoms. The van der Waals surface area contributed by atoms with E-state index in [2.05, 4.69) is 35.3 Å². The van der Waals surface area contributed by atoms with Crippen molar-refractivity contribution in [2.24, 2.45) is 0 Å². The molecule has 2 nitrogen and oxygen atoms in total. The number of benzene rings is 4. The van der Waals surface area contributed by atoms with Gasteiger partial charge < -0.3 is 4.42 Å². The molecule has 122 valence electrons. The van der Waals surface area contributed by atoms with Crippen LogP contribution in [-0.2, 0) is 0 Å². The van der Waals surface area contributed by atoms with E-state index in [0.29, 0.717) is 5.58 Å². The molecule has 0 unspecified atom stereocenters. The maximum atomic E-state index is 13.6. The minimum absolute atomic E-state index is 0.293. The fourth-order valence-corrected chi connectivity index (χ4v) is 4.01. The Bertz CT molecular complexity index is 1500. The van der Waals surface area contributed by atoms with Gasteiger partial charge in [0.2, 0.25) is 0 Å². The highest BCUT2D eigenvalue weighted by Crippen LogP contribution is 2.38. The number of pyridine rings is 1. The van der Waals surface area contributed by atoms with Crippen molar-refractivity contribution in [3.63, 3.8) is 0 Å². The molecule has 0 saturated heterocycles. The van der Waals surface area contributed by atoms with Gasteiger partial charge in [-0.15, -0.1) is 0 Å². The van der Waals surface area contributed by atoms with Crippen molar-refractivity contribution in [1.82, 2.24) is 4.98 Å². The summed E-state index contributed by atoms with van der Waals surface area (Å²) in [6, 6.07) is 21.3. The van der Waals surface area contributed by atoms with Crippen LogP contribution in [0.4, 0.5) is 4.39 Å². The number of rotatable bonds is 0. The van der Waals surface area contributed by atoms with Crippen molar-refractivity contribution in [2.75, 3.05) is 0 Å². The number of hydrogen-bond acceptors (Lipinski definition) is 2. The first-order valence-electron chi connectivity index (χ1n) is 8.50. The summed E-state index contributed by atoms with van der Waals surface area (Å²) in [6.45, 7) is 0. The first-order chi connectivity index (χ1) is 12.8. The Kier molecular flexibility index (Phi) is 2.54. The molecule has 0 atom stereocenters. The van der Waals surface area contributed by atoms with Crippen LogP contribution in [0.25, 0.3) is 54.4 Å². The van der Waals surface area contributed by atoms with Gasteiger partial charge in [-0.25, -0.2) is 4.39 Å². The molecule has 0 aliphatic rings. The quantitative estimate of drug-likeness (QED) is 0.293. The van der Waals surface area contributed by atoms with Crippen LogP contribution in [0.2, 0.25) is 0 Å². The molecule has 4 aromatic carbocycles. The van der Waals surface area contributed by atoms with Gasteiger partial charge in [0.15, 0.2) is 0 Å². The van der Waals surface area contributed by atoms with Crippen LogP contribution in [0, 0.1) is 5.82 Å². The van der Waals surface area contributed by atoms with Gasteiger partial charge in [-0.3, -0.25) is 4.98 Å². The Morgan fingerprint density at radius 1 is 0.615 bits per heavy atom. The summed E-state index contributed by atoms with van der Waals surface area (Å²) in [4.78, 5) is 4.65. The predicted molar refractivity (Wildman–Crippen MR) is 104 cm³/mol. The zero-order valence-electron chi connectivity index (χ0n) is 13.7. The summed E-state index contributed by atoms with van der Waals surface area (Å²) < 4.78 is 19.5. The topological polar surface area (TPSA) is 26.0 Å². The summed E-state index contributed by atoms with van der Waals surface area (Å²) in [6.07, 6.45) is 1.82. The van der Waals surface area contributed by atoms with Gasteiger partial charge in [0, 0.05) is 33.8 Å². The molecule has 0 spiro atoms. The highest BCUT2D eigenvalue weighted by molar-refractivity contribution is 6.27. The second kappa shape index (κ2) is 4.79. The van der Waals surface area contributed by atoms with E-state index >= 15 is 0 Å². The first-order valence-corrected chi connectivity index (χ1v) is 8.50. The number of halogens is 1. The Morgan fingerprint density at radius 2 is 1.38 bits per heavy atom. The molecule has 0 aliphatic carbocycles. The smallest absolute Gasteiger partial charge is 0.138 e. The van der Waals surface area contributed by atoms with E-state index in [1.54, 1.807) is 6.07 Å². The molecule has 6 rings (SSSR count). The lowest BCUT2D eigenvalue weighted by atomic mass is 9.96. The monoisotopic (exact) mass is 337 g/mol. The Labute approximate surface area is 147 Å². The van der Waals surface area contributed by atoms with E-state index in [1.165, 1.54) is 17.5 Å². The molecule has 2 aromatic heterocycles. The largest absolute Gasteiger partial charge is 0.456 e. The van der Waals surface area contributed by atoms with Gasteiger partial charge >= 0.3 is 0 Å². The molecule has 0 bridgehead atoms. The molecule has 0 amide bonds. The van der Waals surface area contributed by atoms with Crippen LogP contribution < -0.4 is 0 Å². The lowest BCUT2D eigenvalue weighted by Gasteiger charge is -2.09. The molecule has 0 aliphatic heterocycles. The van der Waals surface area contributed by atoms with Gasteiger partial charge in [-0.2, -0.15) is 0 Å². The van der Waals surface area contributed by atoms with Crippen LogP contribution in [0.5, 0.6) is 0 Å². The van der Waals surface area contributed by atoms with Crippen LogP contribution in [0.1, 0.15) is 0 Å². The first kappa shape index (κ1) is 13.8. The van der Waals surface area contributed by atoms with Gasteiger partial charge in [0.25, 0.3) is 0 Å². The van der Waals surface area contributed by atoms with Crippen LogP contribution in [0.15, 0.2) is 77.3 Å².